The van der Waals surface area contributed by atoms with Crippen LogP contribution in [0.3, 0.4) is 0 Å². The number of hydrogen-bond acceptors (Lipinski definition) is 3. The summed E-state index contributed by atoms with van der Waals surface area (Å²) >= 11 is 6.37. The van der Waals surface area contributed by atoms with Crippen molar-refractivity contribution >= 4 is 28.9 Å². The molecule has 25 heavy (non-hydrogen) atoms. The first-order valence-corrected chi connectivity index (χ1v) is 8.33. The summed E-state index contributed by atoms with van der Waals surface area (Å²) in [6.45, 7) is 2.07. The second-order valence-electron chi connectivity index (χ2n) is 5.77. The lowest BCUT2D eigenvalue weighted by atomic mass is 10.1. The third-order valence-corrected chi connectivity index (χ3v) is 4.26. The monoisotopic (exact) mass is 354 g/mol. The molecule has 0 spiro atoms. The molecule has 3 rings (SSSR count). The molecule has 0 bridgehead atoms. The molecule has 2 aromatic carbocycles. The van der Waals surface area contributed by atoms with Crippen molar-refractivity contribution in [2.45, 2.75) is 13.0 Å². The molecule has 1 heterocycles. The molecule has 6 heteroatoms. The molecule has 0 radical (unpaired) electrons. The molecule has 3 aromatic rings. The zero-order valence-corrected chi connectivity index (χ0v) is 14.8. The number of rotatable bonds is 5. The molecule has 0 fully saturated rings. The van der Waals surface area contributed by atoms with E-state index in [2.05, 4.69) is 34.8 Å². The van der Waals surface area contributed by atoms with E-state index in [0.717, 1.165) is 5.69 Å². The van der Waals surface area contributed by atoms with Crippen molar-refractivity contribution in [1.29, 1.82) is 0 Å². The van der Waals surface area contributed by atoms with Crippen LogP contribution in [-0.4, -0.2) is 15.7 Å². The lowest BCUT2D eigenvalue weighted by Gasteiger charge is -2.17. The SMILES string of the molecule is C[C@H](Nc1ccc(NC(=O)c2ccnn2C)cc1Cl)c1ccccc1. The second kappa shape index (κ2) is 7.40. The predicted molar refractivity (Wildman–Crippen MR) is 101 cm³/mol. The van der Waals surface area contributed by atoms with E-state index in [-0.39, 0.29) is 11.9 Å². The van der Waals surface area contributed by atoms with Crippen molar-refractivity contribution in [3.8, 4) is 0 Å². The minimum absolute atomic E-state index is 0.119. The Morgan fingerprint density at radius 1 is 1.16 bits per heavy atom. The van der Waals surface area contributed by atoms with Crippen LogP contribution in [0.25, 0.3) is 0 Å². The van der Waals surface area contributed by atoms with Crippen LogP contribution in [0, 0.1) is 0 Å². The maximum absolute atomic E-state index is 12.2. The third-order valence-electron chi connectivity index (χ3n) is 3.95. The van der Waals surface area contributed by atoms with Crippen molar-refractivity contribution < 1.29 is 4.79 Å². The summed E-state index contributed by atoms with van der Waals surface area (Å²) in [6.07, 6.45) is 1.58. The molecule has 0 aliphatic heterocycles. The van der Waals surface area contributed by atoms with Gasteiger partial charge in [0, 0.05) is 25.0 Å². The van der Waals surface area contributed by atoms with Crippen LogP contribution in [0.2, 0.25) is 5.02 Å². The Bertz CT molecular complexity index is 876. The molecule has 1 amide bonds. The van der Waals surface area contributed by atoms with Crippen LogP contribution in [0.1, 0.15) is 29.0 Å². The molecule has 0 saturated heterocycles. The van der Waals surface area contributed by atoms with Gasteiger partial charge in [0.15, 0.2) is 0 Å². The van der Waals surface area contributed by atoms with Gasteiger partial charge in [-0.15, -0.1) is 0 Å². The first kappa shape index (κ1) is 17.0. The van der Waals surface area contributed by atoms with Crippen LogP contribution >= 0.6 is 11.6 Å². The summed E-state index contributed by atoms with van der Waals surface area (Å²) in [4.78, 5) is 12.2. The van der Waals surface area contributed by atoms with Crippen LogP contribution in [-0.2, 0) is 7.05 Å². The van der Waals surface area contributed by atoms with Gasteiger partial charge in [0.1, 0.15) is 5.69 Å². The molecule has 5 nitrogen and oxygen atoms in total. The van der Waals surface area contributed by atoms with E-state index in [0.29, 0.717) is 16.4 Å². The highest BCUT2D eigenvalue weighted by molar-refractivity contribution is 6.33. The van der Waals surface area contributed by atoms with Gasteiger partial charge in [-0.05, 0) is 36.8 Å². The van der Waals surface area contributed by atoms with Gasteiger partial charge in [-0.2, -0.15) is 5.10 Å². The summed E-state index contributed by atoms with van der Waals surface area (Å²) in [5, 5.41) is 10.8. The van der Waals surface area contributed by atoms with E-state index < -0.39 is 0 Å². The van der Waals surface area contributed by atoms with Gasteiger partial charge in [0.25, 0.3) is 5.91 Å². The molecule has 1 atom stereocenters. The maximum atomic E-state index is 12.2. The summed E-state index contributed by atoms with van der Waals surface area (Å²) in [7, 11) is 1.72. The molecule has 1 aromatic heterocycles. The van der Waals surface area contributed by atoms with Gasteiger partial charge in [0.2, 0.25) is 0 Å². The second-order valence-corrected chi connectivity index (χ2v) is 6.17. The first-order valence-electron chi connectivity index (χ1n) is 7.95. The van der Waals surface area contributed by atoms with E-state index in [1.807, 2.05) is 30.3 Å². The molecule has 0 unspecified atom stereocenters. The van der Waals surface area contributed by atoms with Gasteiger partial charge < -0.3 is 10.6 Å². The Hall–Kier alpha value is -2.79. The number of aryl methyl sites for hydroxylation is 1. The summed E-state index contributed by atoms with van der Waals surface area (Å²) < 4.78 is 1.52. The lowest BCUT2D eigenvalue weighted by Crippen LogP contribution is -2.16. The zero-order valence-electron chi connectivity index (χ0n) is 14.0. The van der Waals surface area contributed by atoms with Crippen molar-refractivity contribution in [3.05, 3.63) is 77.1 Å². The first-order chi connectivity index (χ1) is 12.0. The average molecular weight is 355 g/mol. The predicted octanol–water partition coefficient (Wildman–Crippen LogP) is 4.50. The maximum Gasteiger partial charge on any atom is 0.273 e. The van der Waals surface area contributed by atoms with Crippen molar-refractivity contribution in [1.82, 2.24) is 9.78 Å². The topological polar surface area (TPSA) is 58.9 Å². The largest absolute Gasteiger partial charge is 0.377 e. The van der Waals surface area contributed by atoms with E-state index in [9.17, 15) is 4.79 Å². The highest BCUT2D eigenvalue weighted by atomic mass is 35.5. The number of benzene rings is 2. The van der Waals surface area contributed by atoms with Crippen LogP contribution in [0.5, 0.6) is 0 Å². The standard InChI is InChI=1S/C19H19ClN4O/c1-13(14-6-4-3-5-7-14)22-17-9-8-15(12-16(17)20)23-19(25)18-10-11-21-24(18)2/h3-13,22H,1-2H3,(H,23,25)/t13-/m0/s1. The van der Waals surface area contributed by atoms with Gasteiger partial charge in [-0.25, -0.2) is 0 Å². The van der Waals surface area contributed by atoms with Crippen molar-refractivity contribution in [3.63, 3.8) is 0 Å². The Kier molecular flexibility index (Phi) is 5.05. The summed E-state index contributed by atoms with van der Waals surface area (Å²) in [5.74, 6) is -0.227. The van der Waals surface area contributed by atoms with Crippen LogP contribution in [0.4, 0.5) is 11.4 Å². The van der Waals surface area contributed by atoms with Gasteiger partial charge in [0.05, 0.1) is 10.7 Å². The van der Waals surface area contributed by atoms with Gasteiger partial charge >= 0.3 is 0 Å². The zero-order chi connectivity index (χ0) is 17.8. The number of amides is 1. The number of halogens is 1. The smallest absolute Gasteiger partial charge is 0.273 e. The number of aromatic nitrogens is 2. The fourth-order valence-corrected chi connectivity index (χ4v) is 2.80. The Morgan fingerprint density at radius 3 is 2.56 bits per heavy atom. The van der Waals surface area contributed by atoms with Crippen LogP contribution in [0.15, 0.2) is 60.8 Å². The number of anilines is 2. The van der Waals surface area contributed by atoms with Crippen molar-refractivity contribution in [2.24, 2.45) is 7.05 Å². The van der Waals surface area contributed by atoms with E-state index in [1.165, 1.54) is 10.2 Å². The summed E-state index contributed by atoms with van der Waals surface area (Å²) in [6, 6.07) is 17.3. The molecule has 2 N–H and O–H groups in total. The fourth-order valence-electron chi connectivity index (χ4n) is 2.56. The minimum Gasteiger partial charge on any atom is -0.377 e. The van der Waals surface area contributed by atoms with E-state index >= 15 is 0 Å². The van der Waals surface area contributed by atoms with Gasteiger partial charge in [-0.3, -0.25) is 9.48 Å². The van der Waals surface area contributed by atoms with Gasteiger partial charge in [-0.1, -0.05) is 41.9 Å². The lowest BCUT2D eigenvalue weighted by molar-refractivity contribution is 0.101. The Balaban J connectivity index is 1.71. The number of nitrogens with zero attached hydrogens (tertiary/aromatic N) is 2. The number of hydrogen-bond donors (Lipinski definition) is 2. The Morgan fingerprint density at radius 2 is 1.92 bits per heavy atom. The highest BCUT2D eigenvalue weighted by Crippen LogP contribution is 2.29. The number of nitrogens with one attached hydrogen (secondary N) is 2. The fraction of sp³-hybridized carbons (Fsp3) is 0.158. The quantitative estimate of drug-likeness (QED) is 0.709. The van der Waals surface area contributed by atoms with Crippen LogP contribution < -0.4 is 10.6 Å². The minimum atomic E-state index is -0.227. The molecular weight excluding hydrogens is 336 g/mol. The molecule has 0 saturated carbocycles. The van der Waals surface area contributed by atoms with E-state index in [1.54, 1.807) is 25.4 Å². The number of carbonyl (C=O) groups excluding carboxylic acids is 1. The number of carbonyl (C=O) groups is 1. The summed E-state index contributed by atoms with van der Waals surface area (Å²) in [5.41, 5.74) is 3.11. The molecular formula is C19H19ClN4O. The highest BCUT2D eigenvalue weighted by Gasteiger charge is 2.12. The molecule has 0 aliphatic carbocycles. The Labute approximate surface area is 151 Å². The normalized spacial score (nSPS) is 11.8. The molecule has 0 aliphatic rings. The third kappa shape index (κ3) is 4.00. The van der Waals surface area contributed by atoms with Crippen molar-refractivity contribution in [2.75, 3.05) is 10.6 Å². The molecule has 128 valence electrons. The van der Waals surface area contributed by atoms with E-state index in [4.69, 9.17) is 11.6 Å². The average Bonchev–Trinajstić information content (AvgIpc) is 3.04.